The van der Waals surface area contributed by atoms with E-state index in [1.165, 1.54) is 44.4 Å². The van der Waals surface area contributed by atoms with Gasteiger partial charge in [-0.25, -0.2) is 28.0 Å². The Kier molecular flexibility index (Phi) is 15.7. The fraction of sp³-hybridized carbons (Fsp3) is 0.516. The molecule has 4 rings (SSSR count). The molecule has 2 aliphatic rings. The molecule has 8 nitrogen and oxygen atoms in total. The van der Waals surface area contributed by atoms with Crippen molar-refractivity contribution >= 4 is 17.8 Å². The monoisotopic (exact) mass is 593 g/mol. The summed E-state index contributed by atoms with van der Waals surface area (Å²) in [6, 6.07) is 8.26. The maximum absolute atomic E-state index is 14.1. The Morgan fingerprint density at radius 3 is 2.05 bits per heavy atom. The second kappa shape index (κ2) is 18.0. The SMILES string of the molecule is CC.CC.CCC(C)C.CN1CC(=O)N2CC(=O)N(Cc3ccc(F)cc3F)CC2N1C(=O)NCc1ccc(F)cc1. The highest BCUT2D eigenvalue weighted by atomic mass is 19.1. The van der Waals surface area contributed by atoms with E-state index < -0.39 is 29.7 Å². The molecule has 1 unspecified atom stereocenters. The summed E-state index contributed by atoms with van der Waals surface area (Å²) in [7, 11) is 1.58. The lowest BCUT2D eigenvalue weighted by molar-refractivity contribution is -0.178. The molecule has 2 saturated heterocycles. The number of nitrogens with one attached hydrogen (secondary N) is 1. The molecule has 0 saturated carbocycles. The lowest BCUT2D eigenvalue weighted by Crippen LogP contribution is -2.73. The average Bonchev–Trinajstić information content (AvgIpc) is 2.97. The Labute approximate surface area is 248 Å². The summed E-state index contributed by atoms with van der Waals surface area (Å²) in [5.41, 5.74) is 0.811. The number of likely N-dealkylation sites (N-methyl/N-ethyl adjacent to an activating group) is 1. The molecule has 0 aromatic heterocycles. The number of nitrogens with zero attached hydrogens (tertiary/aromatic N) is 4. The summed E-state index contributed by atoms with van der Waals surface area (Å²) in [4.78, 5) is 40.8. The van der Waals surface area contributed by atoms with Gasteiger partial charge in [-0.1, -0.05) is 73.1 Å². The Morgan fingerprint density at radius 2 is 1.50 bits per heavy atom. The second-order valence-corrected chi connectivity index (χ2v) is 9.76. The van der Waals surface area contributed by atoms with Crippen molar-refractivity contribution in [1.29, 1.82) is 0 Å². The van der Waals surface area contributed by atoms with E-state index in [1.807, 2.05) is 27.7 Å². The summed E-state index contributed by atoms with van der Waals surface area (Å²) < 4.78 is 40.5. The van der Waals surface area contributed by atoms with Crippen molar-refractivity contribution in [1.82, 2.24) is 25.1 Å². The number of amides is 4. The van der Waals surface area contributed by atoms with Crippen LogP contribution in [0.3, 0.4) is 0 Å². The van der Waals surface area contributed by atoms with E-state index in [0.717, 1.165) is 18.1 Å². The first-order chi connectivity index (χ1) is 20.0. The number of urea groups is 1. The highest BCUT2D eigenvalue weighted by Gasteiger charge is 2.45. The topological polar surface area (TPSA) is 76.2 Å². The standard InChI is InChI=1S/C22H22F3N5O3.C5H12.2C2H6/c1-27-12-21(32)29-13-20(31)28(10-15-4-7-17(24)8-18(15)25)11-19(29)30(27)22(33)26-9-14-2-5-16(23)6-3-14;1-4-5(2)3;2*1-2/h2-8,19H,9-13H2,1H3,(H,26,33);5H,4H2,1-3H3;2*1-2H3. The minimum Gasteiger partial charge on any atom is -0.333 e. The summed E-state index contributed by atoms with van der Waals surface area (Å²) in [5, 5.41) is 5.53. The van der Waals surface area contributed by atoms with Gasteiger partial charge in [-0.15, -0.1) is 0 Å². The van der Waals surface area contributed by atoms with Gasteiger partial charge in [-0.05, 0) is 29.7 Å². The number of rotatable bonds is 5. The van der Waals surface area contributed by atoms with Crippen LogP contribution in [0.4, 0.5) is 18.0 Å². The number of fused-ring (bicyclic) bond motifs is 1. The van der Waals surface area contributed by atoms with Crippen LogP contribution in [0.2, 0.25) is 0 Å². The van der Waals surface area contributed by atoms with Gasteiger partial charge in [0.15, 0.2) is 0 Å². The van der Waals surface area contributed by atoms with E-state index in [4.69, 9.17) is 0 Å². The van der Waals surface area contributed by atoms with Crippen LogP contribution in [0.1, 0.15) is 66.0 Å². The predicted molar refractivity (Wildman–Crippen MR) is 158 cm³/mol. The summed E-state index contributed by atoms with van der Waals surface area (Å²) in [6.07, 6.45) is 0.505. The highest BCUT2D eigenvalue weighted by molar-refractivity contribution is 5.89. The Bertz CT molecular complexity index is 1150. The smallest absolute Gasteiger partial charge is 0.333 e. The van der Waals surface area contributed by atoms with Crippen molar-refractivity contribution in [2.45, 2.75) is 74.1 Å². The third kappa shape index (κ3) is 10.3. The summed E-state index contributed by atoms with van der Waals surface area (Å²) >= 11 is 0. The molecule has 0 spiro atoms. The molecule has 234 valence electrons. The molecular formula is C31H46F3N5O3. The van der Waals surface area contributed by atoms with Gasteiger partial charge in [0.1, 0.15) is 30.2 Å². The van der Waals surface area contributed by atoms with Crippen LogP contribution in [0, 0.1) is 23.4 Å². The molecule has 2 fully saturated rings. The Balaban J connectivity index is 0.000000873. The number of halogens is 3. The van der Waals surface area contributed by atoms with E-state index in [2.05, 4.69) is 26.1 Å². The maximum atomic E-state index is 14.1. The minimum atomic E-state index is -0.800. The number of hydrogen-bond acceptors (Lipinski definition) is 4. The third-order valence-corrected chi connectivity index (χ3v) is 6.49. The molecule has 42 heavy (non-hydrogen) atoms. The zero-order valence-electron chi connectivity index (χ0n) is 26.1. The number of benzene rings is 2. The minimum absolute atomic E-state index is 0.0459. The van der Waals surface area contributed by atoms with Crippen LogP contribution >= 0.6 is 0 Å². The molecule has 11 heteroatoms. The van der Waals surface area contributed by atoms with Crippen molar-refractivity contribution in [2.24, 2.45) is 5.92 Å². The molecule has 0 bridgehead atoms. The number of carbonyl (C=O) groups excluding carboxylic acids is 3. The van der Waals surface area contributed by atoms with Gasteiger partial charge in [-0.3, -0.25) is 9.59 Å². The van der Waals surface area contributed by atoms with E-state index in [0.29, 0.717) is 5.56 Å². The van der Waals surface area contributed by atoms with Crippen molar-refractivity contribution in [3.05, 3.63) is 71.0 Å². The average molecular weight is 594 g/mol. The van der Waals surface area contributed by atoms with Gasteiger partial charge in [0, 0.05) is 31.8 Å². The summed E-state index contributed by atoms with van der Waals surface area (Å²) in [6.45, 7) is 14.2. The zero-order chi connectivity index (χ0) is 32.0. The number of piperazine rings is 1. The van der Waals surface area contributed by atoms with Gasteiger partial charge >= 0.3 is 6.03 Å². The molecule has 4 amide bonds. The van der Waals surface area contributed by atoms with Gasteiger partial charge < -0.3 is 15.1 Å². The van der Waals surface area contributed by atoms with Gasteiger partial charge in [0.2, 0.25) is 11.8 Å². The molecule has 2 heterocycles. The number of hydrogen-bond donors (Lipinski definition) is 1. The highest BCUT2D eigenvalue weighted by Crippen LogP contribution is 2.23. The van der Waals surface area contributed by atoms with Crippen LogP contribution in [0.15, 0.2) is 42.5 Å². The van der Waals surface area contributed by atoms with Crippen molar-refractivity contribution in [3.8, 4) is 0 Å². The first-order valence-corrected chi connectivity index (χ1v) is 14.5. The van der Waals surface area contributed by atoms with Crippen LogP contribution in [-0.4, -0.2) is 70.5 Å². The fourth-order valence-corrected chi connectivity index (χ4v) is 3.96. The molecule has 2 aromatic carbocycles. The first kappa shape index (κ1) is 36.4. The zero-order valence-corrected chi connectivity index (χ0v) is 26.1. The normalized spacial score (nSPS) is 16.4. The maximum Gasteiger partial charge on any atom is 0.334 e. The third-order valence-electron chi connectivity index (χ3n) is 6.49. The van der Waals surface area contributed by atoms with E-state index >= 15 is 0 Å². The molecule has 2 aliphatic heterocycles. The molecule has 1 N–H and O–H groups in total. The molecular weight excluding hydrogens is 547 g/mol. The number of hydrazine groups is 1. The molecule has 0 radical (unpaired) electrons. The van der Waals surface area contributed by atoms with Crippen LogP contribution in [0.5, 0.6) is 0 Å². The predicted octanol–water partition coefficient (Wildman–Crippen LogP) is 5.78. The van der Waals surface area contributed by atoms with Crippen LogP contribution in [0.25, 0.3) is 0 Å². The van der Waals surface area contributed by atoms with E-state index in [-0.39, 0.29) is 50.0 Å². The number of carbonyl (C=O) groups is 3. The van der Waals surface area contributed by atoms with Crippen LogP contribution in [-0.2, 0) is 22.7 Å². The lowest BCUT2D eigenvalue weighted by atomic mass is 10.1. The van der Waals surface area contributed by atoms with E-state index in [1.54, 1.807) is 19.2 Å². The molecule has 1 atom stereocenters. The largest absolute Gasteiger partial charge is 0.334 e. The van der Waals surface area contributed by atoms with E-state index in [9.17, 15) is 27.6 Å². The second-order valence-electron chi connectivity index (χ2n) is 9.76. The Hall–Kier alpha value is -3.60. The molecule has 2 aromatic rings. The van der Waals surface area contributed by atoms with Crippen molar-refractivity contribution < 1.29 is 27.6 Å². The quantitative estimate of drug-likeness (QED) is 0.477. The fourth-order valence-electron chi connectivity index (χ4n) is 3.96. The van der Waals surface area contributed by atoms with Gasteiger partial charge in [0.25, 0.3) is 0 Å². The van der Waals surface area contributed by atoms with Crippen molar-refractivity contribution in [3.63, 3.8) is 0 Å². The van der Waals surface area contributed by atoms with Gasteiger partial charge in [-0.2, -0.15) is 0 Å². The van der Waals surface area contributed by atoms with Crippen molar-refractivity contribution in [2.75, 3.05) is 26.7 Å². The Morgan fingerprint density at radius 1 is 0.929 bits per heavy atom. The first-order valence-electron chi connectivity index (χ1n) is 14.5. The van der Waals surface area contributed by atoms with Crippen LogP contribution < -0.4 is 5.32 Å². The molecule has 0 aliphatic carbocycles. The van der Waals surface area contributed by atoms with Gasteiger partial charge in [0.05, 0.1) is 13.1 Å². The summed E-state index contributed by atoms with van der Waals surface area (Å²) in [5.74, 6) is -1.73. The lowest BCUT2D eigenvalue weighted by Gasteiger charge is -2.51.